The minimum Gasteiger partial charge on any atom is -0.378 e. The molecule has 100 valence electrons. The van der Waals surface area contributed by atoms with Gasteiger partial charge in [-0.15, -0.1) is 0 Å². The van der Waals surface area contributed by atoms with E-state index in [4.69, 9.17) is 4.74 Å². The smallest absolute Gasteiger partial charge is 0.236 e. The molecule has 1 rings (SSSR count). The van der Waals surface area contributed by atoms with Crippen LogP contribution in [-0.2, 0) is 9.53 Å². The van der Waals surface area contributed by atoms with Gasteiger partial charge in [-0.1, -0.05) is 13.8 Å². The number of ether oxygens (including phenoxy) is 1. The van der Waals surface area contributed by atoms with E-state index in [9.17, 15) is 4.79 Å². The third-order valence-corrected chi connectivity index (χ3v) is 3.25. The van der Waals surface area contributed by atoms with E-state index in [1.165, 1.54) is 0 Å². The predicted molar refractivity (Wildman–Crippen MR) is 69.0 cm³/mol. The molecule has 1 amide bonds. The molecule has 0 radical (unpaired) electrons. The van der Waals surface area contributed by atoms with E-state index in [-0.39, 0.29) is 11.9 Å². The highest BCUT2D eigenvalue weighted by Crippen LogP contribution is 2.16. The maximum absolute atomic E-state index is 11.7. The van der Waals surface area contributed by atoms with Crippen LogP contribution < -0.4 is 10.6 Å². The molecule has 0 bridgehead atoms. The summed E-state index contributed by atoms with van der Waals surface area (Å²) in [6.07, 6.45) is 4.40. The van der Waals surface area contributed by atoms with Crippen LogP contribution >= 0.6 is 0 Å². The zero-order chi connectivity index (χ0) is 12.7. The number of hydrogen-bond acceptors (Lipinski definition) is 3. The van der Waals surface area contributed by atoms with Gasteiger partial charge in [0, 0.05) is 19.2 Å². The van der Waals surface area contributed by atoms with E-state index in [1.807, 2.05) is 6.92 Å². The molecule has 1 fully saturated rings. The summed E-state index contributed by atoms with van der Waals surface area (Å²) in [5.74, 6) is 0.103. The molecule has 2 N–H and O–H groups in total. The molecular weight excluding hydrogens is 216 g/mol. The largest absolute Gasteiger partial charge is 0.378 e. The molecule has 0 aromatic heterocycles. The predicted octanol–water partition coefficient (Wildman–Crippen LogP) is 1.45. The molecule has 1 saturated heterocycles. The van der Waals surface area contributed by atoms with Crippen LogP contribution in [0.4, 0.5) is 0 Å². The van der Waals surface area contributed by atoms with E-state index in [1.54, 1.807) is 0 Å². The van der Waals surface area contributed by atoms with Crippen LogP contribution in [0.1, 0.15) is 46.5 Å². The van der Waals surface area contributed by atoms with E-state index in [2.05, 4.69) is 24.5 Å². The Morgan fingerprint density at radius 3 is 2.88 bits per heavy atom. The van der Waals surface area contributed by atoms with Gasteiger partial charge in [0.25, 0.3) is 0 Å². The van der Waals surface area contributed by atoms with Gasteiger partial charge in [0.15, 0.2) is 0 Å². The fourth-order valence-corrected chi connectivity index (χ4v) is 2.15. The van der Waals surface area contributed by atoms with Crippen LogP contribution in [0.15, 0.2) is 0 Å². The Morgan fingerprint density at radius 1 is 1.47 bits per heavy atom. The molecule has 4 heteroatoms. The number of hydrogen-bond donors (Lipinski definition) is 2. The van der Waals surface area contributed by atoms with Gasteiger partial charge in [0.05, 0.1) is 12.1 Å². The van der Waals surface area contributed by atoms with Crippen molar-refractivity contribution >= 4 is 5.91 Å². The Morgan fingerprint density at radius 2 is 2.24 bits per heavy atom. The monoisotopic (exact) mass is 242 g/mol. The van der Waals surface area contributed by atoms with Crippen molar-refractivity contribution in [3.8, 4) is 0 Å². The molecule has 3 atom stereocenters. The maximum atomic E-state index is 11.7. The van der Waals surface area contributed by atoms with E-state index < -0.39 is 0 Å². The molecule has 1 aliphatic rings. The third kappa shape index (κ3) is 5.04. The highest BCUT2D eigenvalue weighted by Gasteiger charge is 2.24. The summed E-state index contributed by atoms with van der Waals surface area (Å²) in [5, 5.41) is 6.31. The number of carbonyl (C=O) groups excluding carboxylic acids is 1. The van der Waals surface area contributed by atoms with Gasteiger partial charge in [-0.2, -0.15) is 0 Å². The van der Waals surface area contributed by atoms with Crippen molar-refractivity contribution < 1.29 is 9.53 Å². The topological polar surface area (TPSA) is 50.4 Å². The van der Waals surface area contributed by atoms with Gasteiger partial charge in [-0.25, -0.2) is 0 Å². The Labute approximate surface area is 104 Å². The van der Waals surface area contributed by atoms with Gasteiger partial charge in [0.1, 0.15) is 0 Å². The van der Waals surface area contributed by atoms with Gasteiger partial charge in [-0.3, -0.25) is 4.79 Å². The Hall–Kier alpha value is -0.610. The second-order valence-electron chi connectivity index (χ2n) is 4.80. The molecule has 17 heavy (non-hydrogen) atoms. The summed E-state index contributed by atoms with van der Waals surface area (Å²) in [7, 11) is 0. The molecule has 0 aromatic rings. The first-order valence-corrected chi connectivity index (χ1v) is 6.82. The summed E-state index contributed by atoms with van der Waals surface area (Å²) in [6, 6.07) is 0.304. The van der Waals surface area contributed by atoms with Crippen LogP contribution in [0, 0.1) is 0 Å². The van der Waals surface area contributed by atoms with Gasteiger partial charge < -0.3 is 15.4 Å². The van der Waals surface area contributed by atoms with E-state index in [0.717, 1.165) is 38.8 Å². The van der Waals surface area contributed by atoms with Crippen molar-refractivity contribution in [1.82, 2.24) is 10.6 Å². The molecule has 3 unspecified atom stereocenters. The lowest BCUT2D eigenvalue weighted by atomic mass is 10.0. The summed E-state index contributed by atoms with van der Waals surface area (Å²) in [5.41, 5.74) is 0. The second kappa shape index (κ2) is 7.67. The molecule has 4 nitrogen and oxygen atoms in total. The summed E-state index contributed by atoms with van der Waals surface area (Å²) >= 11 is 0. The molecule has 0 saturated carbocycles. The highest BCUT2D eigenvalue weighted by molar-refractivity contribution is 5.81. The molecule has 0 aromatic carbocycles. The van der Waals surface area contributed by atoms with Gasteiger partial charge in [0.2, 0.25) is 5.91 Å². The van der Waals surface area contributed by atoms with Crippen molar-refractivity contribution in [1.29, 1.82) is 0 Å². The summed E-state index contributed by atoms with van der Waals surface area (Å²) < 4.78 is 5.62. The standard InChI is InChI=1S/C13H26N2O2/c1-4-7-14-13(16)10(3)15-11-6-8-17-12(5-2)9-11/h10-12,15H,4-9H2,1-3H3,(H,14,16). The average Bonchev–Trinajstić information content (AvgIpc) is 2.36. The zero-order valence-corrected chi connectivity index (χ0v) is 11.3. The first-order chi connectivity index (χ1) is 8.17. The lowest BCUT2D eigenvalue weighted by molar-refractivity contribution is -0.123. The third-order valence-electron chi connectivity index (χ3n) is 3.25. The van der Waals surface area contributed by atoms with Crippen molar-refractivity contribution in [3.63, 3.8) is 0 Å². The first kappa shape index (κ1) is 14.5. The van der Waals surface area contributed by atoms with Crippen molar-refractivity contribution in [2.45, 2.75) is 64.6 Å². The normalized spacial score (nSPS) is 26.5. The Bertz CT molecular complexity index is 233. The zero-order valence-electron chi connectivity index (χ0n) is 11.3. The Balaban J connectivity index is 2.29. The van der Waals surface area contributed by atoms with Gasteiger partial charge in [-0.05, 0) is 32.6 Å². The fraction of sp³-hybridized carbons (Fsp3) is 0.923. The molecule has 0 spiro atoms. The van der Waals surface area contributed by atoms with Crippen LogP contribution in [0.2, 0.25) is 0 Å². The SMILES string of the molecule is CCCNC(=O)C(C)NC1CCOC(CC)C1. The first-order valence-electron chi connectivity index (χ1n) is 6.82. The van der Waals surface area contributed by atoms with Crippen molar-refractivity contribution in [3.05, 3.63) is 0 Å². The molecule has 0 aliphatic carbocycles. The summed E-state index contributed by atoms with van der Waals surface area (Å²) in [6.45, 7) is 7.70. The number of nitrogens with one attached hydrogen (secondary N) is 2. The molecular formula is C13H26N2O2. The lowest BCUT2D eigenvalue weighted by Crippen LogP contribution is -2.49. The van der Waals surface area contributed by atoms with Gasteiger partial charge >= 0.3 is 0 Å². The Kier molecular flexibility index (Phi) is 6.52. The number of rotatable bonds is 6. The quantitative estimate of drug-likeness (QED) is 0.741. The average molecular weight is 242 g/mol. The van der Waals surface area contributed by atoms with Crippen LogP contribution in [0.5, 0.6) is 0 Å². The van der Waals surface area contributed by atoms with Crippen molar-refractivity contribution in [2.24, 2.45) is 0 Å². The minimum atomic E-state index is -0.109. The number of carbonyl (C=O) groups is 1. The van der Waals surface area contributed by atoms with Crippen LogP contribution in [0.25, 0.3) is 0 Å². The molecule has 1 heterocycles. The van der Waals surface area contributed by atoms with Crippen LogP contribution in [0.3, 0.4) is 0 Å². The summed E-state index contributed by atoms with van der Waals surface area (Å²) in [4.78, 5) is 11.7. The van der Waals surface area contributed by atoms with E-state index in [0.29, 0.717) is 12.1 Å². The van der Waals surface area contributed by atoms with E-state index >= 15 is 0 Å². The second-order valence-corrected chi connectivity index (χ2v) is 4.80. The lowest BCUT2D eigenvalue weighted by Gasteiger charge is -2.31. The minimum absolute atomic E-state index is 0.103. The van der Waals surface area contributed by atoms with Crippen molar-refractivity contribution in [2.75, 3.05) is 13.2 Å². The maximum Gasteiger partial charge on any atom is 0.236 e. The van der Waals surface area contributed by atoms with Crippen LogP contribution in [-0.4, -0.2) is 37.2 Å². The fourth-order valence-electron chi connectivity index (χ4n) is 2.15. The highest BCUT2D eigenvalue weighted by atomic mass is 16.5. The number of amides is 1. The molecule has 1 aliphatic heterocycles.